The predicted molar refractivity (Wildman–Crippen MR) is 106 cm³/mol. The summed E-state index contributed by atoms with van der Waals surface area (Å²) in [5, 5.41) is 7.42. The van der Waals surface area contributed by atoms with Crippen LogP contribution in [0.4, 0.5) is 0 Å². The summed E-state index contributed by atoms with van der Waals surface area (Å²) in [5.74, 6) is 3.81. The van der Waals surface area contributed by atoms with Crippen LogP contribution >= 0.6 is 0 Å². The Labute approximate surface area is 164 Å². The number of hydrogen-bond acceptors (Lipinski definition) is 6. The molecule has 3 heterocycles. The van der Waals surface area contributed by atoms with Crippen LogP contribution in [0.15, 0.2) is 42.7 Å². The maximum atomic E-state index is 5.56. The van der Waals surface area contributed by atoms with Crippen LogP contribution in [-0.2, 0) is 13.0 Å². The van der Waals surface area contributed by atoms with E-state index in [9.17, 15) is 0 Å². The van der Waals surface area contributed by atoms with E-state index in [0.717, 1.165) is 60.9 Å². The van der Waals surface area contributed by atoms with E-state index in [1.807, 2.05) is 24.3 Å². The Morgan fingerprint density at radius 1 is 1.18 bits per heavy atom. The summed E-state index contributed by atoms with van der Waals surface area (Å²) in [5.41, 5.74) is 2.09. The van der Waals surface area contributed by atoms with Gasteiger partial charge in [-0.25, -0.2) is 4.98 Å². The lowest BCUT2D eigenvalue weighted by atomic mass is 10.0. The molecule has 0 radical (unpaired) electrons. The number of benzene rings is 1. The van der Waals surface area contributed by atoms with Crippen LogP contribution in [-0.4, -0.2) is 52.4 Å². The van der Waals surface area contributed by atoms with Crippen molar-refractivity contribution in [3.63, 3.8) is 0 Å². The molecule has 3 aromatic rings. The van der Waals surface area contributed by atoms with Crippen molar-refractivity contribution >= 4 is 0 Å². The first-order valence-electron chi connectivity index (χ1n) is 9.50. The second-order valence-corrected chi connectivity index (χ2v) is 7.09. The van der Waals surface area contributed by atoms with E-state index in [2.05, 4.69) is 31.1 Å². The molecule has 0 aliphatic carbocycles. The molecular formula is C21H25N5O2. The third kappa shape index (κ3) is 3.99. The number of H-pyrrole nitrogens is 1. The van der Waals surface area contributed by atoms with Gasteiger partial charge in [-0.3, -0.25) is 15.0 Å². The fourth-order valence-electron chi connectivity index (χ4n) is 3.83. The van der Waals surface area contributed by atoms with Crippen LogP contribution in [0.5, 0.6) is 11.5 Å². The molecule has 146 valence electrons. The molecule has 1 saturated heterocycles. The Balaban J connectivity index is 1.37. The number of hydrogen-bond donors (Lipinski definition) is 1. The highest BCUT2D eigenvalue weighted by molar-refractivity contribution is 5.52. The zero-order chi connectivity index (χ0) is 19.3. The minimum Gasteiger partial charge on any atom is -0.493 e. The summed E-state index contributed by atoms with van der Waals surface area (Å²) in [6.07, 6.45) is 5.58. The van der Waals surface area contributed by atoms with Crippen molar-refractivity contribution in [1.82, 2.24) is 25.1 Å². The van der Waals surface area contributed by atoms with Gasteiger partial charge in [-0.05, 0) is 37.1 Å². The van der Waals surface area contributed by atoms with Gasteiger partial charge in [-0.2, -0.15) is 5.10 Å². The fraction of sp³-hybridized carbons (Fsp3) is 0.381. The van der Waals surface area contributed by atoms with E-state index < -0.39 is 0 Å². The predicted octanol–water partition coefficient (Wildman–Crippen LogP) is 2.95. The van der Waals surface area contributed by atoms with E-state index in [0.29, 0.717) is 11.7 Å². The summed E-state index contributed by atoms with van der Waals surface area (Å²) >= 11 is 0. The number of aromatic nitrogens is 4. The fourth-order valence-corrected chi connectivity index (χ4v) is 3.83. The normalized spacial score (nSPS) is 17.0. The van der Waals surface area contributed by atoms with Crippen molar-refractivity contribution in [2.24, 2.45) is 5.92 Å². The van der Waals surface area contributed by atoms with Gasteiger partial charge in [-0.1, -0.05) is 12.1 Å². The molecule has 0 saturated carbocycles. The molecule has 2 aromatic heterocycles. The molecule has 7 nitrogen and oxygen atoms in total. The number of ether oxygens (including phenoxy) is 2. The van der Waals surface area contributed by atoms with Gasteiger partial charge < -0.3 is 9.47 Å². The Hall–Kier alpha value is -2.93. The van der Waals surface area contributed by atoms with Crippen molar-refractivity contribution in [2.45, 2.75) is 19.4 Å². The smallest absolute Gasteiger partial charge is 0.182 e. The first-order chi connectivity index (χ1) is 13.8. The van der Waals surface area contributed by atoms with E-state index in [1.165, 1.54) is 0 Å². The molecule has 4 rings (SSSR count). The molecule has 1 aliphatic heterocycles. The van der Waals surface area contributed by atoms with Crippen molar-refractivity contribution in [1.29, 1.82) is 0 Å². The van der Waals surface area contributed by atoms with Gasteiger partial charge in [0.1, 0.15) is 5.82 Å². The first-order valence-corrected chi connectivity index (χ1v) is 9.50. The number of rotatable bonds is 7. The SMILES string of the molecule is COc1cccc(CN2CCC(Cc3nc(-c4cccnc4)n[nH]3)C2)c1OC. The minimum atomic E-state index is 0.561. The van der Waals surface area contributed by atoms with Gasteiger partial charge in [0, 0.05) is 43.0 Å². The molecule has 28 heavy (non-hydrogen) atoms. The molecular weight excluding hydrogens is 354 g/mol. The number of likely N-dealkylation sites (tertiary alicyclic amines) is 1. The van der Waals surface area contributed by atoms with Crippen LogP contribution in [0.2, 0.25) is 0 Å². The van der Waals surface area contributed by atoms with E-state index in [1.54, 1.807) is 26.6 Å². The molecule has 1 N–H and O–H groups in total. The monoisotopic (exact) mass is 379 g/mol. The van der Waals surface area contributed by atoms with Crippen molar-refractivity contribution in [3.8, 4) is 22.9 Å². The second-order valence-electron chi connectivity index (χ2n) is 7.09. The third-order valence-electron chi connectivity index (χ3n) is 5.18. The zero-order valence-corrected chi connectivity index (χ0v) is 16.3. The quantitative estimate of drug-likeness (QED) is 0.680. The second kappa shape index (κ2) is 8.39. The molecule has 1 atom stereocenters. The molecule has 0 amide bonds. The summed E-state index contributed by atoms with van der Waals surface area (Å²) in [4.78, 5) is 11.2. The van der Waals surface area contributed by atoms with Gasteiger partial charge in [0.25, 0.3) is 0 Å². The summed E-state index contributed by atoms with van der Waals surface area (Å²) in [7, 11) is 3.36. The van der Waals surface area contributed by atoms with E-state index in [4.69, 9.17) is 9.47 Å². The third-order valence-corrected chi connectivity index (χ3v) is 5.18. The van der Waals surface area contributed by atoms with Gasteiger partial charge in [-0.15, -0.1) is 0 Å². The van der Waals surface area contributed by atoms with Gasteiger partial charge in [0.15, 0.2) is 17.3 Å². The van der Waals surface area contributed by atoms with Gasteiger partial charge in [0.05, 0.1) is 14.2 Å². The molecule has 1 aromatic carbocycles. The lowest BCUT2D eigenvalue weighted by Gasteiger charge is -2.19. The Kier molecular flexibility index (Phi) is 5.53. The number of para-hydroxylation sites is 1. The highest BCUT2D eigenvalue weighted by Crippen LogP contribution is 2.32. The van der Waals surface area contributed by atoms with Crippen LogP contribution < -0.4 is 9.47 Å². The van der Waals surface area contributed by atoms with Crippen molar-refractivity contribution in [3.05, 3.63) is 54.1 Å². The van der Waals surface area contributed by atoms with Crippen LogP contribution in [0.25, 0.3) is 11.4 Å². The number of nitrogens with one attached hydrogen (secondary N) is 1. The van der Waals surface area contributed by atoms with Crippen LogP contribution in [0, 0.1) is 5.92 Å². The number of methoxy groups -OCH3 is 2. The lowest BCUT2D eigenvalue weighted by Crippen LogP contribution is -2.21. The maximum Gasteiger partial charge on any atom is 0.182 e. The number of pyridine rings is 1. The Morgan fingerprint density at radius 3 is 2.89 bits per heavy atom. The minimum absolute atomic E-state index is 0.561. The van der Waals surface area contributed by atoms with Crippen LogP contribution in [0.3, 0.4) is 0 Å². The molecule has 1 unspecified atom stereocenters. The summed E-state index contributed by atoms with van der Waals surface area (Å²) in [6, 6.07) is 9.91. The summed E-state index contributed by atoms with van der Waals surface area (Å²) in [6.45, 7) is 2.95. The average Bonchev–Trinajstić information content (AvgIpc) is 3.38. The molecule has 7 heteroatoms. The molecule has 0 spiro atoms. The highest BCUT2D eigenvalue weighted by Gasteiger charge is 2.25. The van der Waals surface area contributed by atoms with E-state index >= 15 is 0 Å². The number of aromatic amines is 1. The number of nitrogens with zero attached hydrogens (tertiary/aromatic N) is 4. The largest absolute Gasteiger partial charge is 0.493 e. The van der Waals surface area contributed by atoms with Crippen molar-refractivity contribution in [2.75, 3.05) is 27.3 Å². The highest BCUT2D eigenvalue weighted by atomic mass is 16.5. The Bertz CT molecular complexity index is 912. The zero-order valence-electron chi connectivity index (χ0n) is 16.3. The van der Waals surface area contributed by atoms with Gasteiger partial charge in [0.2, 0.25) is 0 Å². The summed E-state index contributed by atoms with van der Waals surface area (Å²) < 4.78 is 11.0. The Morgan fingerprint density at radius 2 is 2.11 bits per heavy atom. The van der Waals surface area contributed by atoms with E-state index in [-0.39, 0.29) is 0 Å². The first kappa shape index (κ1) is 18.4. The van der Waals surface area contributed by atoms with Crippen LogP contribution in [0.1, 0.15) is 17.8 Å². The molecule has 1 fully saturated rings. The standard InChI is InChI=1S/C21H25N5O2/c1-27-18-7-3-5-17(20(18)28-2)14-26-10-8-15(13-26)11-19-23-21(25-24-19)16-6-4-9-22-12-16/h3-7,9,12,15H,8,10-11,13-14H2,1-2H3,(H,23,24,25). The average molecular weight is 379 g/mol. The topological polar surface area (TPSA) is 76.2 Å². The van der Waals surface area contributed by atoms with Gasteiger partial charge >= 0.3 is 0 Å². The lowest BCUT2D eigenvalue weighted by molar-refractivity contribution is 0.301. The molecule has 1 aliphatic rings. The van der Waals surface area contributed by atoms with Crippen molar-refractivity contribution < 1.29 is 9.47 Å². The maximum absolute atomic E-state index is 5.56. The molecule has 0 bridgehead atoms.